The van der Waals surface area contributed by atoms with E-state index in [4.69, 9.17) is 0 Å². The first-order valence-corrected chi connectivity index (χ1v) is 8.54. The highest BCUT2D eigenvalue weighted by atomic mass is 32.2. The fourth-order valence-electron chi connectivity index (χ4n) is 2.38. The predicted molar refractivity (Wildman–Crippen MR) is 90.8 cm³/mol. The first-order chi connectivity index (χ1) is 11.0. The Morgan fingerprint density at radius 2 is 2.00 bits per heavy atom. The minimum atomic E-state index is -1.18. The van der Waals surface area contributed by atoms with Crippen LogP contribution in [0.1, 0.15) is 18.2 Å². The summed E-state index contributed by atoms with van der Waals surface area (Å²) in [4.78, 5) is 16.3. The lowest BCUT2D eigenvalue weighted by Gasteiger charge is -2.04. The van der Waals surface area contributed by atoms with Gasteiger partial charge in [-0.1, -0.05) is 6.07 Å². The molecule has 1 atom stereocenters. The van der Waals surface area contributed by atoms with Gasteiger partial charge < -0.3 is 9.72 Å². The highest BCUT2D eigenvalue weighted by Crippen LogP contribution is 2.17. The third kappa shape index (κ3) is 3.48. The van der Waals surface area contributed by atoms with Crippen molar-refractivity contribution in [2.24, 2.45) is 0 Å². The Labute approximate surface area is 136 Å². The maximum Gasteiger partial charge on any atom is 0.221 e. The summed E-state index contributed by atoms with van der Waals surface area (Å²) >= 11 is 0. The van der Waals surface area contributed by atoms with Crippen LogP contribution in [-0.4, -0.2) is 19.5 Å². The van der Waals surface area contributed by atoms with Crippen molar-refractivity contribution in [2.75, 3.05) is 5.32 Å². The average Bonchev–Trinajstić information content (AvgIpc) is 2.91. The fourth-order valence-corrected chi connectivity index (χ4v) is 3.40. The number of rotatable bonds is 4. The summed E-state index contributed by atoms with van der Waals surface area (Å²) in [6.07, 6.45) is 3.84. The lowest BCUT2D eigenvalue weighted by Crippen LogP contribution is -2.05. The summed E-state index contributed by atoms with van der Waals surface area (Å²) in [5.41, 5.74) is 3.47. The van der Waals surface area contributed by atoms with Crippen LogP contribution in [0, 0.1) is 6.92 Å². The lowest BCUT2D eigenvalue weighted by atomic mass is 10.3. The number of amides is 1. The molecule has 0 aliphatic heterocycles. The number of aromatic nitrogens is 2. The molecule has 0 saturated heterocycles. The van der Waals surface area contributed by atoms with Crippen molar-refractivity contribution in [2.45, 2.75) is 24.5 Å². The van der Waals surface area contributed by atoms with Crippen molar-refractivity contribution in [3.63, 3.8) is 0 Å². The van der Waals surface area contributed by atoms with Gasteiger partial charge in [0.05, 0.1) is 22.2 Å². The second kappa shape index (κ2) is 6.34. The Kier molecular flexibility index (Phi) is 4.25. The SMILES string of the molecule is CC(=O)Nc1ccc([S@](=O)Cc2cn3cccc(C)c3n2)cc1. The summed E-state index contributed by atoms with van der Waals surface area (Å²) in [6.45, 7) is 3.46. The van der Waals surface area contributed by atoms with Gasteiger partial charge in [-0.3, -0.25) is 9.00 Å². The fraction of sp³-hybridized carbons (Fsp3) is 0.176. The van der Waals surface area contributed by atoms with Gasteiger partial charge in [-0.05, 0) is 42.8 Å². The number of aryl methyl sites for hydroxylation is 1. The number of carbonyl (C=O) groups excluding carboxylic acids is 1. The van der Waals surface area contributed by atoms with Crippen LogP contribution in [0.2, 0.25) is 0 Å². The van der Waals surface area contributed by atoms with Crippen LogP contribution < -0.4 is 5.32 Å². The van der Waals surface area contributed by atoms with Crippen LogP contribution in [0.3, 0.4) is 0 Å². The van der Waals surface area contributed by atoms with Crippen LogP contribution in [0.25, 0.3) is 5.65 Å². The van der Waals surface area contributed by atoms with Crippen LogP contribution >= 0.6 is 0 Å². The summed E-state index contributed by atoms with van der Waals surface area (Å²) < 4.78 is 14.4. The van der Waals surface area contributed by atoms with Gasteiger partial charge >= 0.3 is 0 Å². The van der Waals surface area contributed by atoms with Crippen LogP contribution in [-0.2, 0) is 21.3 Å². The molecule has 2 heterocycles. The number of benzene rings is 1. The number of fused-ring (bicyclic) bond motifs is 1. The molecule has 3 rings (SSSR count). The third-order valence-corrected chi connectivity index (χ3v) is 4.80. The maximum absolute atomic E-state index is 12.5. The van der Waals surface area contributed by atoms with Crippen molar-refractivity contribution in [1.29, 1.82) is 0 Å². The normalized spacial score (nSPS) is 12.3. The molecule has 0 spiro atoms. The van der Waals surface area contributed by atoms with E-state index in [-0.39, 0.29) is 5.91 Å². The van der Waals surface area contributed by atoms with Gasteiger partial charge in [-0.15, -0.1) is 0 Å². The minimum absolute atomic E-state index is 0.126. The van der Waals surface area contributed by atoms with Gasteiger partial charge in [0.1, 0.15) is 5.65 Å². The van der Waals surface area contributed by atoms with Crippen molar-refractivity contribution in [1.82, 2.24) is 9.38 Å². The largest absolute Gasteiger partial charge is 0.326 e. The minimum Gasteiger partial charge on any atom is -0.326 e. The first-order valence-electron chi connectivity index (χ1n) is 7.22. The summed E-state index contributed by atoms with van der Waals surface area (Å²) in [6, 6.07) is 11.0. The molecule has 0 aliphatic carbocycles. The number of carbonyl (C=O) groups is 1. The Morgan fingerprint density at radius 1 is 1.26 bits per heavy atom. The molecule has 0 radical (unpaired) electrons. The number of nitrogens with zero attached hydrogens (tertiary/aromatic N) is 2. The number of anilines is 1. The van der Waals surface area contributed by atoms with E-state index in [0.717, 1.165) is 16.9 Å². The van der Waals surface area contributed by atoms with E-state index in [0.29, 0.717) is 16.3 Å². The van der Waals surface area contributed by atoms with Crippen LogP contribution in [0.5, 0.6) is 0 Å². The van der Waals surface area contributed by atoms with Crippen molar-refractivity contribution < 1.29 is 9.00 Å². The molecular weight excluding hydrogens is 310 g/mol. The van der Waals surface area contributed by atoms with Gasteiger partial charge in [0.2, 0.25) is 5.91 Å². The molecule has 0 fully saturated rings. The van der Waals surface area contributed by atoms with E-state index in [1.165, 1.54) is 6.92 Å². The molecule has 0 unspecified atom stereocenters. The quantitative estimate of drug-likeness (QED) is 0.801. The summed E-state index contributed by atoms with van der Waals surface area (Å²) in [5, 5.41) is 2.69. The second-order valence-electron chi connectivity index (χ2n) is 5.35. The topological polar surface area (TPSA) is 63.5 Å². The highest BCUT2D eigenvalue weighted by Gasteiger charge is 2.10. The first kappa shape index (κ1) is 15.4. The van der Waals surface area contributed by atoms with E-state index in [9.17, 15) is 9.00 Å². The zero-order valence-electron chi connectivity index (χ0n) is 12.9. The van der Waals surface area contributed by atoms with E-state index in [1.807, 2.05) is 35.9 Å². The third-order valence-electron chi connectivity index (χ3n) is 3.44. The van der Waals surface area contributed by atoms with Crippen molar-refractivity contribution >= 4 is 28.0 Å². The molecule has 1 N–H and O–H groups in total. The van der Waals surface area contributed by atoms with Crippen LogP contribution in [0.15, 0.2) is 53.7 Å². The molecule has 1 amide bonds. The smallest absolute Gasteiger partial charge is 0.221 e. The average molecular weight is 327 g/mol. The zero-order valence-corrected chi connectivity index (χ0v) is 13.8. The molecule has 5 nitrogen and oxygen atoms in total. The Hall–Kier alpha value is -2.47. The molecule has 0 bridgehead atoms. The molecule has 6 heteroatoms. The van der Waals surface area contributed by atoms with Gasteiger partial charge in [-0.25, -0.2) is 4.98 Å². The zero-order chi connectivity index (χ0) is 16.4. The van der Waals surface area contributed by atoms with E-state index in [2.05, 4.69) is 10.3 Å². The Bertz CT molecular complexity index is 884. The van der Waals surface area contributed by atoms with Gasteiger partial charge in [0, 0.05) is 29.9 Å². The van der Waals surface area contributed by atoms with E-state index in [1.54, 1.807) is 24.3 Å². The van der Waals surface area contributed by atoms with Gasteiger partial charge in [-0.2, -0.15) is 0 Å². The molecule has 3 aromatic rings. The van der Waals surface area contributed by atoms with Crippen molar-refractivity contribution in [3.8, 4) is 0 Å². The summed E-state index contributed by atoms with van der Waals surface area (Å²) in [7, 11) is -1.18. The van der Waals surface area contributed by atoms with Crippen LogP contribution in [0.4, 0.5) is 5.69 Å². The molecule has 118 valence electrons. The summed E-state index contributed by atoms with van der Waals surface area (Å²) in [5.74, 6) is 0.236. The predicted octanol–water partition coefficient (Wildman–Crippen LogP) is 2.91. The number of nitrogens with one attached hydrogen (secondary N) is 1. The maximum atomic E-state index is 12.5. The molecule has 2 aromatic heterocycles. The lowest BCUT2D eigenvalue weighted by molar-refractivity contribution is -0.114. The van der Waals surface area contributed by atoms with Gasteiger partial charge in [0.15, 0.2) is 0 Å². The molecule has 0 saturated carbocycles. The monoisotopic (exact) mass is 327 g/mol. The molecular formula is C17H17N3O2S. The molecule has 23 heavy (non-hydrogen) atoms. The number of hydrogen-bond acceptors (Lipinski definition) is 3. The number of imidazole rings is 1. The second-order valence-corrected chi connectivity index (χ2v) is 6.80. The number of pyridine rings is 1. The number of hydrogen-bond donors (Lipinski definition) is 1. The Morgan fingerprint density at radius 3 is 2.65 bits per heavy atom. The molecule has 1 aromatic carbocycles. The molecule has 0 aliphatic rings. The van der Waals surface area contributed by atoms with E-state index < -0.39 is 10.8 Å². The Balaban J connectivity index is 1.77. The standard InChI is InChI=1S/C17H17N3O2S/c1-12-4-3-9-20-10-15(19-17(12)20)11-23(22)16-7-5-14(6-8-16)18-13(2)21/h3-10H,11H2,1-2H3,(H,18,21)/t23-/m1/s1. The van der Waals surface area contributed by atoms with Gasteiger partial charge in [0.25, 0.3) is 0 Å². The highest BCUT2D eigenvalue weighted by molar-refractivity contribution is 7.84. The van der Waals surface area contributed by atoms with Crippen molar-refractivity contribution in [3.05, 3.63) is 60.0 Å². The van der Waals surface area contributed by atoms with E-state index >= 15 is 0 Å².